The van der Waals surface area contributed by atoms with Gasteiger partial charge in [0, 0.05) is 16.0 Å². The Hall–Kier alpha value is -0.410. The van der Waals surface area contributed by atoms with Gasteiger partial charge in [0.15, 0.2) is 0 Å². The van der Waals surface area contributed by atoms with Gasteiger partial charge in [-0.25, -0.2) is 0 Å². The summed E-state index contributed by atoms with van der Waals surface area (Å²) < 4.78 is 6.21. The number of nitriles is 1. The van der Waals surface area contributed by atoms with Crippen molar-refractivity contribution in [1.29, 1.82) is 5.26 Å². The molecule has 1 fully saturated rings. The highest BCUT2D eigenvalue weighted by atomic mass is 79.9. The molecule has 1 aliphatic rings. The zero-order valence-corrected chi connectivity index (χ0v) is 11.1. The van der Waals surface area contributed by atoms with Crippen LogP contribution in [0.3, 0.4) is 0 Å². The van der Waals surface area contributed by atoms with E-state index in [0.29, 0.717) is 19.6 Å². The molecule has 0 aliphatic carbocycles. The third-order valence-corrected chi connectivity index (χ3v) is 4.83. The Bertz CT molecular complexity index is 406. The molecule has 1 N–H and O–H groups in total. The van der Waals surface area contributed by atoms with Crippen LogP contribution >= 0.6 is 27.3 Å². The second-order valence-electron chi connectivity index (χ2n) is 3.96. The quantitative estimate of drug-likeness (QED) is 0.914. The van der Waals surface area contributed by atoms with E-state index in [2.05, 4.69) is 22.0 Å². The number of halogens is 1. The van der Waals surface area contributed by atoms with Crippen molar-refractivity contribution < 1.29 is 9.84 Å². The van der Waals surface area contributed by atoms with Gasteiger partial charge in [0.2, 0.25) is 0 Å². The lowest BCUT2D eigenvalue weighted by molar-refractivity contribution is -0.0494. The van der Waals surface area contributed by atoms with E-state index in [1.165, 1.54) is 11.3 Å². The first-order valence-electron chi connectivity index (χ1n) is 5.09. The number of nitrogens with zero attached hydrogens (tertiary/aromatic N) is 1. The average molecular weight is 302 g/mol. The average Bonchev–Trinajstić information content (AvgIpc) is 2.75. The Kier molecular flexibility index (Phi) is 3.65. The monoisotopic (exact) mass is 301 g/mol. The summed E-state index contributed by atoms with van der Waals surface area (Å²) in [6, 6.07) is 4.13. The van der Waals surface area contributed by atoms with Crippen molar-refractivity contribution in [3.63, 3.8) is 0 Å². The summed E-state index contributed by atoms with van der Waals surface area (Å²) >= 11 is 4.85. The molecule has 0 aromatic carbocycles. The lowest BCUT2D eigenvalue weighted by Crippen LogP contribution is -2.36. The largest absolute Gasteiger partial charge is 0.386 e. The predicted molar refractivity (Wildman–Crippen MR) is 65.1 cm³/mol. The fraction of sp³-hybridized carbons (Fsp3) is 0.545. The summed E-state index contributed by atoms with van der Waals surface area (Å²) in [5.41, 5.74) is -0.786. The molecule has 1 aliphatic heterocycles. The van der Waals surface area contributed by atoms with E-state index < -0.39 is 11.5 Å². The summed E-state index contributed by atoms with van der Waals surface area (Å²) in [6.07, 6.45) is 0.745. The molecule has 1 saturated heterocycles. The van der Waals surface area contributed by atoms with Gasteiger partial charge in [-0.1, -0.05) is 0 Å². The molecule has 2 unspecified atom stereocenters. The van der Waals surface area contributed by atoms with Crippen LogP contribution in [-0.4, -0.2) is 18.3 Å². The third-order valence-electron chi connectivity index (χ3n) is 2.91. The highest BCUT2D eigenvalue weighted by molar-refractivity contribution is 9.10. The summed E-state index contributed by atoms with van der Waals surface area (Å²) in [7, 11) is 0. The zero-order chi connectivity index (χ0) is 11.6. The highest BCUT2D eigenvalue weighted by Gasteiger charge is 2.42. The van der Waals surface area contributed by atoms with Gasteiger partial charge < -0.3 is 9.84 Å². The van der Waals surface area contributed by atoms with Crippen molar-refractivity contribution in [2.24, 2.45) is 5.41 Å². The third kappa shape index (κ3) is 2.03. The predicted octanol–water partition coefficient (Wildman–Crippen LogP) is 2.86. The van der Waals surface area contributed by atoms with E-state index in [1.807, 2.05) is 11.4 Å². The van der Waals surface area contributed by atoms with Crippen LogP contribution in [0.5, 0.6) is 0 Å². The number of aliphatic hydroxyl groups excluding tert-OH is 1. The molecule has 0 bridgehead atoms. The molecule has 2 heterocycles. The molecule has 1 aromatic heterocycles. The number of hydrogen-bond donors (Lipinski definition) is 1. The molecule has 0 radical (unpaired) electrons. The van der Waals surface area contributed by atoms with Crippen LogP contribution in [0.2, 0.25) is 0 Å². The van der Waals surface area contributed by atoms with Crippen LogP contribution in [0.4, 0.5) is 0 Å². The first-order chi connectivity index (χ1) is 7.69. The van der Waals surface area contributed by atoms with Gasteiger partial charge in [0.05, 0.1) is 12.7 Å². The van der Waals surface area contributed by atoms with Crippen molar-refractivity contribution in [3.05, 3.63) is 20.8 Å². The number of thiophene rings is 1. The smallest absolute Gasteiger partial charge is 0.111 e. The Morgan fingerprint density at radius 2 is 2.50 bits per heavy atom. The van der Waals surface area contributed by atoms with Gasteiger partial charge in [0.1, 0.15) is 11.5 Å². The Morgan fingerprint density at radius 1 is 1.69 bits per heavy atom. The summed E-state index contributed by atoms with van der Waals surface area (Å²) in [6.45, 7) is 0.997. The molecule has 86 valence electrons. The maximum absolute atomic E-state index is 10.3. The number of aliphatic hydroxyl groups is 1. The van der Waals surface area contributed by atoms with Gasteiger partial charge in [-0.2, -0.15) is 5.26 Å². The van der Waals surface area contributed by atoms with E-state index in [0.717, 1.165) is 15.8 Å². The lowest BCUT2D eigenvalue weighted by Gasteiger charge is -2.34. The maximum atomic E-state index is 10.3. The Morgan fingerprint density at radius 3 is 3.00 bits per heavy atom. The van der Waals surface area contributed by atoms with Crippen LogP contribution in [0.15, 0.2) is 15.9 Å². The van der Waals surface area contributed by atoms with Gasteiger partial charge in [-0.05, 0) is 40.2 Å². The summed E-state index contributed by atoms with van der Waals surface area (Å²) in [4.78, 5) is 0.812. The van der Waals surface area contributed by atoms with E-state index in [4.69, 9.17) is 4.74 Å². The van der Waals surface area contributed by atoms with Crippen LogP contribution in [0.1, 0.15) is 23.8 Å². The van der Waals surface area contributed by atoms with Crippen molar-refractivity contribution in [1.82, 2.24) is 0 Å². The number of ether oxygens (including phenoxy) is 1. The molecular weight excluding hydrogens is 290 g/mol. The second kappa shape index (κ2) is 4.84. The standard InChI is InChI=1S/C11H12BrNO2S/c12-8-2-5-16-9(8)10(14)11(6-13)3-1-4-15-7-11/h2,5,10,14H,1,3-4,7H2. The van der Waals surface area contributed by atoms with Crippen LogP contribution in [0, 0.1) is 16.7 Å². The molecule has 3 nitrogen and oxygen atoms in total. The molecule has 2 atom stereocenters. The maximum Gasteiger partial charge on any atom is 0.111 e. The first-order valence-corrected chi connectivity index (χ1v) is 6.77. The lowest BCUT2D eigenvalue weighted by atomic mass is 9.78. The minimum absolute atomic E-state index is 0.314. The van der Waals surface area contributed by atoms with Crippen molar-refractivity contribution in [2.45, 2.75) is 18.9 Å². The molecule has 0 amide bonds. The van der Waals surface area contributed by atoms with Crippen LogP contribution < -0.4 is 0 Å². The molecule has 0 spiro atoms. The molecule has 16 heavy (non-hydrogen) atoms. The summed E-state index contributed by atoms with van der Waals surface area (Å²) in [5, 5.41) is 21.5. The number of hydrogen-bond acceptors (Lipinski definition) is 4. The molecule has 5 heteroatoms. The van der Waals surface area contributed by atoms with Gasteiger partial charge in [-0.3, -0.25) is 0 Å². The number of rotatable bonds is 2. The fourth-order valence-electron chi connectivity index (χ4n) is 1.93. The SMILES string of the molecule is N#CC1(C(O)c2sccc2Br)CCCOC1. The molecule has 2 rings (SSSR count). The van der Waals surface area contributed by atoms with Crippen molar-refractivity contribution in [3.8, 4) is 6.07 Å². The van der Waals surface area contributed by atoms with Gasteiger partial charge in [-0.15, -0.1) is 11.3 Å². The van der Waals surface area contributed by atoms with E-state index in [-0.39, 0.29) is 0 Å². The van der Waals surface area contributed by atoms with Crippen LogP contribution in [-0.2, 0) is 4.74 Å². The topological polar surface area (TPSA) is 53.2 Å². The fourth-order valence-corrected chi connectivity index (χ4v) is 3.62. The van der Waals surface area contributed by atoms with Crippen LogP contribution in [0.25, 0.3) is 0 Å². The van der Waals surface area contributed by atoms with E-state index in [1.54, 1.807) is 0 Å². The molecule has 1 aromatic rings. The van der Waals surface area contributed by atoms with Gasteiger partial charge >= 0.3 is 0 Å². The van der Waals surface area contributed by atoms with Gasteiger partial charge in [0.25, 0.3) is 0 Å². The highest BCUT2D eigenvalue weighted by Crippen LogP contribution is 2.44. The molecule has 0 saturated carbocycles. The Labute approximate surface area is 107 Å². The normalized spacial score (nSPS) is 27.3. The molecular formula is C11H12BrNO2S. The first kappa shape index (κ1) is 12.1. The van der Waals surface area contributed by atoms with E-state index >= 15 is 0 Å². The zero-order valence-electron chi connectivity index (χ0n) is 8.65. The Balaban J connectivity index is 2.28. The second-order valence-corrected chi connectivity index (χ2v) is 5.76. The van der Waals surface area contributed by atoms with E-state index in [9.17, 15) is 10.4 Å². The summed E-state index contributed by atoms with van der Waals surface area (Å²) in [5.74, 6) is 0. The minimum Gasteiger partial charge on any atom is -0.386 e. The van der Waals surface area contributed by atoms with Crippen molar-refractivity contribution >= 4 is 27.3 Å². The van der Waals surface area contributed by atoms with Crippen molar-refractivity contribution in [2.75, 3.05) is 13.2 Å². The minimum atomic E-state index is -0.786.